The van der Waals surface area contributed by atoms with Crippen molar-refractivity contribution >= 4 is 27.3 Å². The molecule has 0 saturated heterocycles. The molecule has 2 aromatic carbocycles. The molecule has 0 atom stereocenters. The number of benzene rings is 2. The first kappa shape index (κ1) is 17.4. The molecule has 3 aromatic rings. The molecule has 3 rings (SSSR count). The van der Waals surface area contributed by atoms with Crippen LogP contribution in [0, 0.1) is 5.82 Å². The lowest BCUT2D eigenvalue weighted by Gasteiger charge is -2.24. The van der Waals surface area contributed by atoms with Gasteiger partial charge in [-0.2, -0.15) is 0 Å². The Morgan fingerprint density at radius 2 is 1.68 bits per heavy atom. The largest absolute Gasteiger partial charge is 0.264 e. The van der Waals surface area contributed by atoms with Crippen LogP contribution in [0.15, 0.2) is 78.0 Å². The lowest BCUT2D eigenvalue weighted by atomic mass is 10.2. The monoisotopic (exact) mass is 376 g/mol. The van der Waals surface area contributed by atoms with Crippen molar-refractivity contribution in [3.8, 4) is 0 Å². The van der Waals surface area contributed by atoms with Gasteiger partial charge < -0.3 is 0 Å². The Morgan fingerprint density at radius 3 is 2.28 bits per heavy atom. The van der Waals surface area contributed by atoms with Crippen LogP contribution in [-0.4, -0.2) is 13.4 Å². The number of pyridine rings is 1. The maximum Gasteiger partial charge on any atom is 0.264 e. The van der Waals surface area contributed by atoms with Crippen LogP contribution in [0.3, 0.4) is 0 Å². The molecule has 128 valence electrons. The summed E-state index contributed by atoms with van der Waals surface area (Å²) in [6, 6.07) is 14.7. The van der Waals surface area contributed by atoms with E-state index in [1.165, 1.54) is 16.4 Å². The van der Waals surface area contributed by atoms with Crippen molar-refractivity contribution in [3.05, 3.63) is 89.5 Å². The van der Waals surface area contributed by atoms with Gasteiger partial charge in [-0.3, -0.25) is 9.29 Å². The summed E-state index contributed by atoms with van der Waals surface area (Å²) in [5.41, 5.74) is 1.18. The van der Waals surface area contributed by atoms with Crippen molar-refractivity contribution in [1.29, 1.82) is 0 Å². The Kier molecular flexibility index (Phi) is 5.01. The highest BCUT2D eigenvalue weighted by Crippen LogP contribution is 2.27. The molecule has 0 aliphatic carbocycles. The number of aromatic nitrogens is 1. The van der Waals surface area contributed by atoms with Crippen molar-refractivity contribution in [3.63, 3.8) is 0 Å². The Balaban J connectivity index is 2.06. The Bertz CT molecular complexity index is 947. The SMILES string of the molecule is O=S(=O)(c1ccc(F)cc1)N(Cc1cccnc1)c1ccc(Cl)cc1. The lowest BCUT2D eigenvalue weighted by molar-refractivity contribution is 0.589. The average molecular weight is 377 g/mol. The van der Waals surface area contributed by atoms with Crippen molar-refractivity contribution in [2.75, 3.05) is 4.31 Å². The highest BCUT2D eigenvalue weighted by Gasteiger charge is 2.25. The zero-order chi connectivity index (χ0) is 17.9. The molecule has 0 radical (unpaired) electrons. The minimum atomic E-state index is -3.89. The van der Waals surface area contributed by atoms with E-state index in [1.54, 1.807) is 48.8 Å². The number of nitrogens with zero attached hydrogens (tertiary/aromatic N) is 2. The minimum Gasteiger partial charge on any atom is -0.264 e. The van der Waals surface area contributed by atoms with E-state index in [1.807, 2.05) is 0 Å². The van der Waals surface area contributed by atoms with Gasteiger partial charge in [-0.25, -0.2) is 12.8 Å². The summed E-state index contributed by atoms with van der Waals surface area (Å²) in [6.07, 6.45) is 3.22. The van der Waals surface area contributed by atoms with Crippen LogP contribution in [0.4, 0.5) is 10.1 Å². The van der Waals surface area contributed by atoms with Gasteiger partial charge in [0.2, 0.25) is 0 Å². The number of halogens is 2. The fourth-order valence-electron chi connectivity index (χ4n) is 2.31. The van der Waals surface area contributed by atoms with Crippen LogP contribution < -0.4 is 4.31 Å². The molecular formula is C18H14ClFN2O2S. The van der Waals surface area contributed by atoms with E-state index in [2.05, 4.69) is 4.98 Å². The smallest absolute Gasteiger partial charge is 0.264 e. The number of hydrogen-bond donors (Lipinski definition) is 0. The van der Waals surface area contributed by atoms with Gasteiger partial charge in [-0.1, -0.05) is 17.7 Å². The van der Waals surface area contributed by atoms with Crippen LogP contribution in [0.25, 0.3) is 0 Å². The number of rotatable bonds is 5. The quantitative estimate of drug-likeness (QED) is 0.668. The summed E-state index contributed by atoms with van der Waals surface area (Å²) in [5, 5.41) is 0.504. The normalized spacial score (nSPS) is 11.3. The predicted octanol–water partition coefficient (Wildman–Crippen LogP) is 4.27. The van der Waals surface area contributed by atoms with Crippen LogP contribution in [0.1, 0.15) is 5.56 Å². The highest BCUT2D eigenvalue weighted by molar-refractivity contribution is 7.92. The van der Waals surface area contributed by atoms with Crippen LogP contribution in [0.5, 0.6) is 0 Å². The van der Waals surface area contributed by atoms with Crippen molar-refractivity contribution in [2.45, 2.75) is 11.4 Å². The standard InChI is InChI=1S/C18H14ClFN2O2S/c19-15-3-7-17(8-4-15)22(13-14-2-1-11-21-12-14)25(23,24)18-9-5-16(20)6-10-18/h1-12H,13H2. The molecule has 0 bridgehead atoms. The van der Waals surface area contributed by atoms with Gasteiger partial charge in [0.05, 0.1) is 17.1 Å². The zero-order valence-electron chi connectivity index (χ0n) is 13.0. The molecule has 4 nitrogen and oxygen atoms in total. The van der Waals surface area contributed by atoms with Gasteiger partial charge in [0.15, 0.2) is 0 Å². The second-order valence-electron chi connectivity index (χ2n) is 5.30. The lowest BCUT2D eigenvalue weighted by Crippen LogP contribution is -2.30. The summed E-state index contributed by atoms with van der Waals surface area (Å²) in [4.78, 5) is 4.03. The summed E-state index contributed by atoms with van der Waals surface area (Å²) in [7, 11) is -3.89. The minimum absolute atomic E-state index is 0.00717. The Hall–Kier alpha value is -2.44. The molecule has 0 amide bonds. The molecule has 0 N–H and O–H groups in total. The summed E-state index contributed by atoms with van der Waals surface area (Å²) >= 11 is 5.91. The van der Waals surface area contributed by atoms with Gasteiger partial charge in [0.25, 0.3) is 10.0 Å². The summed E-state index contributed by atoms with van der Waals surface area (Å²) < 4.78 is 40.6. The van der Waals surface area contributed by atoms with Gasteiger partial charge in [-0.05, 0) is 60.2 Å². The number of anilines is 1. The Morgan fingerprint density at radius 1 is 1.00 bits per heavy atom. The molecule has 7 heteroatoms. The van der Waals surface area contributed by atoms with E-state index in [4.69, 9.17) is 11.6 Å². The van der Waals surface area contributed by atoms with E-state index in [-0.39, 0.29) is 11.4 Å². The molecule has 1 heterocycles. The van der Waals surface area contributed by atoms with Gasteiger partial charge in [0.1, 0.15) is 5.82 Å². The summed E-state index contributed by atoms with van der Waals surface area (Å²) in [6.45, 7) is 0.0924. The number of hydrogen-bond acceptors (Lipinski definition) is 3. The van der Waals surface area contributed by atoms with Gasteiger partial charge in [0, 0.05) is 17.4 Å². The van der Waals surface area contributed by atoms with Crippen LogP contribution in [-0.2, 0) is 16.6 Å². The first-order valence-electron chi connectivity index (χ1n) is 7.39. The Labute approximate surface area is 150 Å². The van der Waals surface area contributed by atoms with Gasteiger partial charge >= 0.3 is 0 Å². The molecule has 0 aliphatic rings. The van der Waals surface area contributed by atoms with E-state index in [9.17, 15) is 12.8 Å². The first-order chi connectivity index (χ1) is 12.0. The van der Waals surface area contributed by atoms with Crippen LogP contribution in [0.2, 0.25) is 5.02 Å². The molecule has 0 fully saturated rings. The number of sulfonamides is 1. The van der Waals surface area contributed by atoms with Crippen molar-refractivity contribution in [2.24, 2.45) is 0 Å². The highest BCUT2D eigenvalue weighted by atomic mass is 35.5. The topological polar surface area (TPSA) is 50.3 Å². The second-order valence-corrected chi connectivity index (χ2v) is 7.60. The molecule has 0 aliphatic heterocycles. The maximum absolute atomic E-state index is 13.2. The third-order valence-corrected chi connectivity index (χ3v) is 5.61. The van der Waals surface area contributed by atoms with E-state index < -0.39 is 15.8 Å². The molecule has 0 unspecified atom stereocenters. The van der Waals surface area contributed by atoms with Gasteiger partial charge in [-0.15, -0.1) is 0 Å². The molecule has 1 aromatic heterocycles. The third-order valence-electron chi connectivity index (χ3n) is 3.57. The second kappa shape index (κ2) is 7.21. The summed E-state index contributed by atoms with van der Waals surface area (Å²) in [5.74, 6) is -0.496. The third kappa shape index (κ3) is 3.97. The van der Waals surface area contributed by atoms with Crippen molar-refractivity contribution < 1.29 is 12.8 Å². The van der Waals surface area contributed by atoms with E-state index >= 15 is 0 Å². The molecule has 0 spiro atoms. The fourth-order valence-corrected chi connectivity index (χ4v) is 3.89. The van der Waals surface area contributed by atoms with E-state index in [0.29, 0.717) is 10.7 Å². The molecular weight excluding hydrogens is 363 g/mol. The predicted molar refractivity (Wildman–Crippen MR) is 95.5 cm³/mol. The molecule has 25 heavy (non-hydrogen) atoms. The van der Waals surface area contributed by atoms with Crippen LogP contribution >= 0.6 is 11.6 Å². The zero-order valence-corrected chi connectivity index (χ0v) is 14.6. The maximum atomic E-state index is 13.2. The average Bonchev–Trinajstić information content (AvgIpc) is 2.62. The van der Waals surface area contributed by atoms with Crippen molar-refractivity contribution in [1.82, 2.24) is 4.98 Å². The fraction of sp³-hybridized carbons (Fsp3) is 0.0556. The molecule has 0 saturated carbocycles. The van der Waals surface area contributed by atoms with E-state index in [0.717, 1.165) is 17.7 Å². The first-order valence-corrected chi connectivity index (χ1v) is 9.21.